The molecule has 0 saturated carbocycles. The molecule has 0 bridgehead atoms. The molecule has 88 valence electrons. The van der Waals surface area contributed by atoms with Crippen molar-refractivity contribution in [1.82, 2.24) is 0 Å². The number of ketones is 1. The van der Waals surface area contributed by atoms with E-state index in [-0.39, 0.29) is 11.5 Å². The highest BCUT2D eigenvalue weighted by molar-refractivity contribution is 14.1. The summed E-state index contributed by atoms with van der Waals surface area (Å²) in [4.78, 5) is 10.7. The van der Waals surface area contributed by atoms with Gasteiger partial charge >= 0.3 is 6.61 Å². The van der Waals surface area contributed by atoms with Crippen molar-refractivity contribution >= 4 is 44.3 Å². The Hall–Kier alpha value is -0.240. The Balaban J connectivity index is 3.02. The maximum Gasteiger partial charge on any atom is 0.387 e. The molecule has 16 heavy (non-hydrogen) atoms. The maximum atomic E-state index is 12.0. The van der Waals surface area contributed by atoms with Crippen LogP contribution >= 0.6 is 38.5 Å². The molecule has 1 rings (SSSR count). The predicted molar refractivity (Wildman–Crippen MR) is 68.1 cm³/mol. The van der Waals surface area contributed by atoms with Crippen LogP contribution in [0.1, 0.15) is 17.3 Å². The molecule has 2 nitrogen and oxygen atoms in total. The molecule has 0 aliphatic rings. The fourth-order valence-corrected chi connectivity index (χ4v) is 2.07. The van der Waals surface area contributed by atoms with Gasteiger partial charge in [0.25, 0.3) is 0 Å². The fourth-order valence-electron chi connectivity index (χ4n) is 1.14. The van der Waals surface area contributed by atoms with E-state index in [2.05, 4.69) is 20.7 Å². The lowest BCUT2D eigenvalue weighted by Crippen LogP contribution is -2.05. The second-order valence-electron chi connectivity index (χ2n) is 3.07. The maximum absolute atomic E-state index is 12.0. The molecule has 1 aromatic rings. The van der Waals surface area contributed by atoms with Crippen LogP contribution in [-0.2, 0) is 4.79 Å². The van der Waals surface area contributed by atoms with Crippen molar-refractivity contribution in [3.05, 3.63) is 27.3 Å². The van der Waals surface area contributed by atoms with Crippen molar-refractivity contribution in [2.45, 2.75) is 18.4 Å². The molecular formula is C10H8BrF2IO2. The topological polar surface area (TPSA) is 26.3 Å². The minimum Gasteiger partial charge on any atom is -0.435 e. The monoisotopic (exact) mass is 404 g/mol. The third-order valence-electron chi connectivity index (χ3n) is 1.77. The summed E-state index contributed by atoms with van der Waals surface area (Å²) in [6.07, 6.45) is 0. The van der Waals surface area contributed by atoms with Crippen LogP contribution in [0.3, 0.4) is 0 Å². The van der Waals surface area contributed by atoms with Gasteiger partial charge in [-0.3, -0.25) is 4.79 Å². The van der Waals surface area contributed by atoms with Crippen LogP contribution in [0.4, 0.5) is 8.78 Å². The van der Waals surface area contributed by atoms with Gasteiger partial charge in [0, 0.05) is 3.57 Å². The molecule has 0 spiro atoms. The zero-order valence-electron chi connectivity index (χ0n) is 8.22. The second-order valence-corrected chi connectivity index (χ2v) is 5.23. The van der Waals surface area contributed by atoms with Gasteiger partial charge in [0.05, 0.1) is 4.83 Å². The van der Waals surface area contributed by atoms with Gasteiger partial charge in [-0.05, 0) is 53.3 Å². The predicted octanol–water partition coefficient (Wildman–Crippen LogP) is 3.92. The normalized spacial score (nSPS) is 12.6. The minimum atomic E-state index is -2.86. The summed E-state index contributed by atoms with van der Waals surface area (Å²) in [7, 11) is 0. The van der Waals surface area contributed by atoms with Gasteiger partial charge < -0.3 is 4.74 Å². The van der Waals surface area contributed by atoms with Gasteiger partial charge in [-0.25, -0.2) is 0 Å². The van der Waals surface area contributed by atoms with E-state index in [4.69, 9.17) is 0 Å². The smallest absolute Gasteiger partial charge is 0.387 e. The second kappa shape index (κ2) is 5.90. The van der Waals surface area contributed by atoms with Crippen LogP contribution in [0.5, 0.6) is 5.75 Å². The van der Waals surface area contributed by atoms with Gasteiger partial charge in [0.1, 0.15) is 11.5 Å². The Morgan fingerprint density at radius 1 is 1.44 bits per heavy atom. The first-order valence-corrected chi connectivity index (χ1v) is 6.29. The zero-order chi connectivity index (χ0) is 12.3. The molecule has 0 heterocycles. The number of ether oxygens (including phenoxy) is 1. The summed E-state index contributed by atoms with van der Waals surface area (Å²) in [6.45, 7) is -1.44. The molecule has 0 fully saturated rings. The van der Waals surface area contributed by atoms with Crippen LogP contribution < -0.4 is 4.74 Å². The van der Waals surface area contributed by atoms with E-state index in [1.54, 1.807) is 6.07 Å². The molecule has 1 unspecified atom stereocenters. The van der Waals surface area contributed by atoms with Gasteiger partial charge in [-0.1, -0.05) is 15.9 Å². The number of carbonyl (C=O) groups is 1. The Labute approximate surface area is 114 Å². The molecule has 1 atom stereocenters. The number of Topliss-reactive ketones (excluding diaryl/α,β-unsaturated/α-hetero) is 1. The lowest BCUT2D eigenvalue weighted by molar-refractivity contribution is -0.116. The Bertz CT molecular complexity index is 398. The van der Waals surface area contributed by atoms with E-state index in [9.17, 15) is 13.6 Å². The number of carbonyl (C=O) groups excluding carboxylic acids is 1. The molecule has 6 heteroatoms. The van der Waals surface area contributed by atoms with Crippen LogP contribution in [0.15, 0.2) is 18.2 Å². The van der Waals surface area contributed by atoms with E-state index in [1.165, 1.54) is 19.1 Å². The number of rotatable bonds is 4. The highest BCUT2D eigenvalue weighted by atomic mass is 127. The first-order chi connectivity index (χ1) is 7.40. The molecule has 0 aliphatic carbocycles. The summed E-state index contributed by atoms with van der Waals surface area (Å²) >= 11 is 5.17. The lowest BCUT2D eigenvalue weighted by atomic mass is 10.1. The molecular weight excluding hydrogens is 397 g/mol. The average molecular weight is 405 g/mol. The number of hydrogen-bond donors (Lipinski definition) is 0. The quantitative estimate of drug-likeness (QED) is 0.561. The molecule has 0 aliphatic heterocycles. The number of halogens is 4. The van der Waals surface area contributed by atoms with Crippen LogP contribution in [0.2, 0.25) is 0 Å². The highest BCUT2D eigenvalue weighted by Gasteiger charge is 2.15. The lowest BCUT2D eigenvalue weighted by Gasteiger charge is -2.10. The minimum absolute atomic E-state index is 0.0580. The SMILES string of the molecule is CC(=O)C(Br)c1cc(I)cc(OC(F)F)c1. The third kappa shape index (κ3) is 3.97. The summed E-state index contributed by atoms with van der Waals surface area (Å²) in [5.74, 6) is -0.0346. The van der Waals surface area contributed by atoms with Gasteiger partial charge in [0.2, 0.25) is 0 Å². The van der Waals surface area contributed by atoms with E-state index in [0.29, 0.717) is 5.56 Å². The average Bonchev–Trinajstić information content (AvgIpc) is 2.14. The summed E-state index contributed by atoms with van der Waals surface area (Å²) in [5, 5.41) is 0. The fraction of sp³-hybridized carbons (Fsp3) is 0.300. The Morgan fingerprint density at radius 2 is 2.06 bits per heavy atom. The number of alkyl halides is 3. The van der Waals surface area contributed by atoms with E-state index >= 15 is 0 Å². The summed E-state index contributed by atoms with van der Waals surface area (Å²) in [6, 6.07) is 4.64. The van der Waals surface area contributed by atoms with Crippen molar-refractivity contribution in [1.29, 1.82) is 0 Å². The van der Waals surface area contributed by atoms with E-state index in [0.717, 1.165) is 3.57 Å². The molecule has 0 N–H and O–H groups in total. The molecule has 0 saturated heterocycles. The molecule has 0 aromatic heterocycles. The van der Waals surface area contributed by atoms with Gasteiger partial charge in [-0.2, -0.15) is 8.78 Å². The number of hydrogen-bond acceptors (Lipinski definition) is 2. The molecule has 1 aromatic carbocycles. The van der Waals surface area contributed by atoms with Gasteiger partial charge in [0.15, 0.2) is 0 Å². The van der Waals surface area contributed by atoms with E-state index in [1.807, 2.05) is 22.6 Å². The Morgan fingerprint density at radius 3 is 2.56 bits per heavy atom. The first-order valence-electron chi connectivity index (χ1n) is 4.30. The first kappa shape index (κ1) is 13.8. The van der Waals surface area contributed by atoms with Crippen molar-refractivity contribution in [2.75, 3.05) is 0 Å². The van der Waals surface area contributed by atoms with Crippen molar-refractivity contribution < 1.29 is 18.3 Å². The molecule has 0 radical (unpaired) electrons. The van der Waals surface area contributed by atoms with Gasteiger partial charge in [-0.15, -0.1) is 0 Å². The zero-order valence-corrected chi connectivity index (χ0v) is 12.0. The van der Waals surface area contributed by atoms with Crippen molar-refractivity contribution in [3.8, 4) is 5.75 Å². The van der Waals surface area contributed by atoms with Crippen molar-refractivity contribution in [2.24, 2.45) is 0 Å². The number of benzene rings is 1. The highest BCUT2D eigenvalue weighted by Crippen LogP contribution is 2.29. The summed E-state index contributed by atoms with van der Waals surface area (Å²) < 4.78 is 29.1. The van der Waals surface area contributed by atoms with Crippen LogP contribution in [-0.4, -0.2) is 12.4 Å². The standard InChI is InChI=1S/C10H8BrF2IO2/c1-5(15)9(11)6-2-7(14)4-8(3-6)16-10(12)13/h2-4,9-10H,1H3. The largest absolute Gasteiger partial charge is 0.435 e. The third-order valence-corrected chi connectivity index (χ3v) is 3.56. The summed E-state index contributed by atoms with van der Waals surface area (Å²) in [5.41, 5.74) is 0.607. The van der Waals surface area contributed by atoms with Crippen LogP contribution in [0.25, 0.3) is 0 Å². The Kier molecular flexibility index (Phi) is 5.10. The van der Waals surface area contributed by atoms with Crippen molar-refractivity contribution in [3.63, 3.8) is 0 Å². The van der Waals surface area contributed by atoms with Crippen LogP contribution in [0, 0.1) is 3.57 Å². The molecule has 0 amide bonds. The van der Waals surface area contributed by atoms with E-state index < -0.39 is 11.4 Å².